The molecule has 0 amide bonds. The molecule has 0 saturated carbocycles. The minimum Gasteiger partial charge on any atom is -0.330 e. The third-order valence-electron chi connectivity index (χ3n) is 1.79. The standard InChI is InChI=1S/C9H12Cl2N2/c10-7-3-6(4-8(11)5-7)9(13)1-2-12/h3-5,9H,1-2,12-13H2/t9-/m0/s1. The molecular weight excluding hydrogens is 207 g/mol. The van der Waals surface area contributed by atoms with Crippen LogP contribution in [0.1, 0.15) is 18.0 Å². The normalized spacial score (nSPS) is 12.9. The van der Waals surface area contributed by atoms with Crippen molar-refractivity contribution in [2.45, 2.75) is 12.5 Å². The Morgan fingerprint density at radius 1 is 1.15 bits per heavy atom. The predicted octanol–water partition coefficient (Wildman–Crippen LogP) is 2.34. The molecule has 1 aromatic carbocycles. The van der Waals surface area contributed by atoms with Crippen LogP contribution in [0.5, 0.6) is 0 Å². The summed E-state index contributed by atoms with van der Waals surface area (Å²) in [6, 6.07) is 5.23. The molecule has 4 N–H and O–H groups in total. The molecule has 4 heteroatoms. The Hall–Kier alpha value is -0.280. The van der Waals surface area contributed by atoms with E-state index in [2.05, 4.69) is 0 Å². The van der Waals surface area contributed by atoms with Crippen LogP contribution >= 0.6 is 23.2 Å². The lowest BCUT2D eigenvalue weighted by molar-refractivity contribution is 0.661. The van der Waals surface area contributed by atoms with Gasteiger partial charge in [-0.1, -0.05) is 23.2 Å². The van der Waals surface area contributed by atoms with Crippen molar-refractivity contribution in [3.63, 3.8) is 0 Å². The van der Waals surface area contributed by atoms with Gasteiger partial charge in [-0.15, -0.1) is 0 Å². The lowest BCUT2D eigenvalue weighted by Crippen LogP contribution is -2.15. The molecule has 2 nitrogen and oxygen atoms in total. The number of nitrogens with two attached hydrogens (primary N) is 2. The second-order valence-electron chi connectivity index (χ2n) is 2.89. The molecule has 0 unspecified atom stereocenters. The summed E-state index contributed by atoms with van der Waals surface area (Å²) in [6.45, 7) is 0.561. The van der Waals surface area contributed by atoms with Gasteiger partial charge in [-0.25, -0.2) is 0 Å². The van der Waals surface area contributed by atoms with Gasteiger partial charge in [-0.3, -0.25) is 0 Å². The summed E-state index contributed by atoms with van der Waals surface area (Å²) >= 11 is 11.6. The molecule has 0 spiro atoms. The summed E-state index contributed by atoms with van der Waals surface area (Å²) < 4.78 is 0. The van der Waals surface area contributed by atoms with Crippen molar-refractivity contribution in [2.75, 3.05) is 6.54 Å². The van der Waals surface area contributed by atoms with Gasteiger partial charge in [0.25, 0.3) is 0 Å². The monoisotopic (exact) mass is 218 g/mol. The third kappa shape index (κ3) is 3.16. The fourth-order valence-corrected chi connectivity index (χ4v) is 1.68. The molecule has 0 aliphatic heterocycles. The van der Waals surface area contributed by atoms with Crippen molar-refractivity contribution in [2.24, 2.45) is 11.5 Å². The molecule has 72 valence electrons. The van der Waals surface area contributed by atoms with Crippen molar-refractivity contribution in [1.29, 1.82) is 0 Å². The third-order valence-corrected chi connectivity index (χ3v) is 2.23. The maximum absolute atomic E-state index is 5.85. The van der Waals surface area contributed by atoms with E-state index in [1.807, 2.05) is 12.1 Å². The molecular formula is C9H12Cl2N2. The number of halogens is 2. The highest BCUT2D eigenvalue weighted by molar-refractivity contribution is 6.34. The van der Waals surface area contributed by atoms with Gasteiger partial charge in [0.05, 0.1) is 0 Å². The van der Waals surface area contributed by atoms with Gasteiger partial charge in [-0.05, 0) is 36.7 Å². The summed E-state index contributed by atoms with van der Waals surface area (Å²) in [5.74, 6) is 0. The van der Waals surface area contributed by atoms with Crippen molar-refractivity contribution in [1.82, 2.24) is 0 Å². The molecule has 0 bridgehead atoms. The largest absolute Gasteiger partial charge is 0.330 e. The Morgan fingerprint density at radius 2 is 1.69 bits per heavy atom. The second kappa shape index (κ2) is 4.82. The molecule has 0 heterocycles. The fourth-order valence-electron chi connectivity index (χ4n) is 1.14. The van der Waals surface area contributed by atoms with Crippen LogP contribution in [-0.4, -0.2) is 6.54 Å². The van der Waals surface area contributed by atoms with Gasteiger partial charge in [0.1, 0.15) is 0 Å². The van der Waals surface area contributed by atoms with Gasteiger partial charge in [-0.2, -0.15) is 0 Å². The highest BCUT2D eigenvalue weighted by Gasteiger charge is 2.06. The van der Waals surface area contributed by atoms with E-state index >= 15 is 0 Å². The summed E-state index contributed by atoms with van der Waals surface area (Å²) in [4.78, 5) is 0. The molecule has 0 aliphatic rings. The smallest absolute Gasteiger partial charge is 0.0424 e. The SMILES string of the molecule is NCC[C@H](N)c1cc(Cl)cc(Cl)c1. The van der Waals surface area contributed by atoms with E-state index in [0.29, 0.717) is 16.6 Å². The van der Waals surface area contributed by atoms with Crippen LogP contribution in [0.25, 0.3) is 0 Å². The molecule has 1 aromatic rings. The predicted molar refractivity (Wildman–Crippen MR) is 57.1 cm³/mol. The first-order valence-corrected chi connectivity index (χ1v) is 4.80. The molecule has 13 heavy (non-hydrogen) atoms. The van der Waals surface area contributed by atoms with Crippen LogP contribution in [0.3, 0.4) is 0 Å². The minimum absolute atomic E-state index is 0.0822. The van der Waals surface area contributed by atoms with Crippen molar-refractivity contribution in [3.05, 3.63) is 33.8 Å². The van der Waals surface area contributed by atoms with E-state index < -0.39 is 0 Å². The van der Waals surface area contributed by atoms with Crippen LogP contribution in [-0.2, 0) is 0 Å². The Labute approximate surface area is 87.8 Å². The van der Waals surface area contributed by atoms with Gasteiger partial charge in [0.2, 0.25) is 0 Å². The summed E-state index contributed by atoms with van der Waals surface area (Å²) in [6.07, 6.45) is 0.733. The quantitative estimate of drug-likeness (QED) is 0.819. The average molecular weight is 219 g/mol. The van der Waals surface area contributed by atoms with Crippen LogP contribution in [0, 0.1) is 0 Å². The van der Waals surface area contributed by atoms with Crippen LogP contribution in [0.15, 0.2) is 18.2 Å². The van der Waals surface area contributed by atoms with Crippen LogP contribution < -0.4 is 11.5 Å². The highest BCUT2D eigenvalue weighted by atomic mass is 35.5. The maximum atomic E-state index is 5.85. The zero-order valence-electron chi connectivity index (χ0n) is 7.13. The van der Waals surface area contributed by atoms with Crippen molar-refractivity contribution >= 4 is 23.2 Å². The molecule has 0 saturated heterocycles. The highest BCUT2D eigenvalue weighted by Crippen LogP contribution is 2.23. The zero-order valence-corrected chi connectivity index (χ0v) is 8.65. The fraction of sp³-hybridized carbons (Fsp3) is 0.333. The Morgan fingerprint density at radius 3 is 2.15 bits per heavy atom. The van der Waals surface area contributed by atoms with Crippen molar-refractivity contribution < 1.29 is 0 Å². The first kappa shape index (κ1) is 10.8. The summed E-state index contributed by atoms with van der Waals surface area (Å²) in [7, 11) is 0. The lowest BCUT2D eigenvalue weighted by Gasteiger charge is -2.11. The van der Waals surface area contributed by atoms with Gasteiger partial charge >= 0.3 is 0 Å². The number of benzene rings is 1. The Kier molecular flexibility index (Phi) is 4.00. The molecule has 0 radical (unpaired) electrons. The first-order chi connectivity index (χ1) is 6.13. The summed E-state index contributed by atoms with van der Waals surface area (Å²) in [5, 5.41) is 1.21. The maximum Gasteiger partial charge on any atom is 0.0424 e. The minimum atomic E-state index is -0.0822. The number of hydrogen-bond acceptors (Lipinski definition) is 2. The van der Waals surface area contributed by atoms with E-state index in [4.69, 9.17) is 34.7 Å². The molecule has 0 aliphatic carbocycles. The Balaban J connectivity index is 2.87. The van der Waals surface area contributed by atoms with E-state index in [0.717, 1.165) is 12.0 Å². The number of rotatable bonds is 3. The first-order valence-electron chi connectivity index (χ1n) is 4.05. The van der Waals surface area contributed by atoms with E-state index in [1.54, 1.807) is 6.07 Å². The molecule has 0 fully saturated rings. The van der Waals surface area contributed by atoms with E-state index in [9.17, 15) is 0 Å². The summed E-state index contributed by atoms with van der Waals surface area (Å²) in [5.41, 5.74) is 12.2. The molecule has 0 aromatic heterocycles. The van der Waals surface area contributed by atoms with Crippen LogP contribution in [0.2, 0.25) is 10.0 Å². The van der Waals surface area contributed by atoms with Gasteiger partial charge in [0.15, 0.2) is 0 Å². The zero-order chi connectivity index (χ0) is 9.84. The molecule has 1 rings (SSSR count). The molecule has 1 atom stereocenters. The topological polar surface area (TPSA) is 52.0 Å². The van der Waals surface area contributed by atoms with Crippen molar-refractivity contribution in [3.8, 4) is 0 Å². The van der Waals surface area contributed by atoms with Crippen LogP contribution in [0.4, 0.5) is 0 Å². The number of hydrogen-bond donors (Lipinski definition) is 2. The lowest BCUT2D eigenvalue weighted by atomic mass is 10.1. The van der Waals surface area contributed by atoms with Gasteiger partial charge < -0.3 is 11.5 Å². The van der Waals surface area contributed by atoms with E-state index in [-0.39, 0.29) is 6.04 Å². The second-order valence-corrected chi connectivity index (χ2v) is 3.76. The Bertz CT molecular complexity index is 269. The van der Waals surface area contributed by atoms with E-state index in [1.165, 1.54) is 0 Å². The average Bonchev–Trinajstić information content (AvgIpc) is 2.03. The van der Waals surface area contributed by atoms with Gasteiger partial charge in [0, 0.05) is 16.1 Å².